The van der Waals surface area contributed by atoms with Crippen molar-refractivity contribution in [2.24, 2.45) is 0 Å². The molecule has 1 N–H and O–H groups in total. The molecule has 0 amide bonds. The second kappa shape index (κ2) is 6.01. The molecule has 1 atom stereocenters. The van der Waals surface area contributed by atoms with Gasteiger partial charge in [0.05, 0.1) is 12.6 Å². The van der Waals surface area contributed by atoms with Crippen LogP contribution in [0.2, 0.25) is 0 Å². The summed E-state index contributed by atoms with van der Waals surface area (Å²) in [6, 6.07) is 0. The normalized spacial score (nSPS) is 20.8. The number of ether oxygens (including phenoxy) is 1. The van der Waals surface area contributed by atoms with Crippen LogP contribution in [0.3, 0.4) is 0 Å². The molecule has 16 heavy (non-hydrogen) atoms. The zero-order chi connectivity index (χ0) is 11.2. The standard InChI is InChI=1S/C12H21N3O/c1-2-7-15(9-11-4-3-8-16-11)10-12-13-5-6-14-12/h5-6,11H,2-4,7-10H2,1H3,(H,13,14)/t11-/m1/s1. The quantitative estimate of drug-likeness (QED) is 0.799. The average Bonchev–Trinajstić information content (AvgIpc) is 2.91. The van der Waals surface area contributed by atoms with E-state index in [1.54, 1.807) is 0 Å². The average molecular weight is 223 g/mol. The molecule has 1 aliphatic heterocycles. The zero-order valence-electron chi connectivity index (χ0n) is 9.98. The van der Waals surface area contributed by atoms with Crippen LogP contribution in [-0.4, -0.2) is 40.7 Å². The van der Waals surface area contributed by atoms with Crippen molar-refractivity contribution in [2.45, 2.75) is 38.8 Å². The van der Waals surface area contributed by atoms with Gasteiger partial charge in [0, 0.05) is 25.5 Å². The maximum absolute atomic E-state index is 5.68. The Bertz CT molecular complexity index is 280. The molecule has 4 heteroatoms. The van der Waals surface area contributed by atoms with Crippen molar-refractivity contribution >= 4 is 0 Å². The number of nitrogens with one attached hydrogen (secondary N) is 1. The van der Waals surface area contributed by atoms with E-state index in [1.807, 2.05) is 12.4 Å². The topological polar surface area (TPSA) is 41.2 Å². The van der Waals surface area contributed by atoms with Crippen molar-refractivity contribution < 1.29 is 4.74 Å². The van der Waals surface area contributed by atoms with Gasteiger partial charge in [0.1, 0.15) is 5.82 Å². The van der Waals surface area contributed by atoms with Gasteiger partial charge in [-0.1, -0.05) is 6.92 Å². The number of nitrogens with zero attached hydrogens (tertiary/aromatic N) is 2. The maximum Gasteiger partial charge on any atom is 0.120 e. The van der Waals surface area contributed by atoms with E-state index in [0.29, 0.717) is 6.10 Å². The van der Waals surface area contributed by atoms with Gasteiger partial charge in [-0.25, -0.2) is 4.98 Å². The summed E-state index contributed by atoms with van der Waals surface area (Å²) >= 11 is 0. The van der Waals surface area contributed by atoms with Gasteiger partial charge < -0.3 is 9.72 Å². The van der Waals surface area contributed by atoms with E-state index < -0.39 is 0 Å². The Hall–Kier alpha value is -0.870. The molecule has 1 aromatic rings. The zero-order valence-corrected chi connectivity index (χ0v) is 9.98. The lowest BCUT2D eigenvalue weighted by Gasteiger charge is -2.23. The van der Waals surface area contributed by atoms with Crippen molar-refractivity contribution in [1.82, 2.24) is 14.9 Å². The van der Waals surface area contributed by atoms with Gasteiger partial charge in [-0.15, -0.1) is 0 Å². The third-order valence-electron chi connectivity index (χ3n) is 2.95. The Balaban J connectivity index is 1.83. The summed E-state index contributed by atoms with van der Waals surface area (Å²) in [5, 5.41) is 0. The van der Waals surface area contributed by atoms with Crippen LogP contribution < -0.4 is 0 Å². The van der Waals surface area contributed by atoms with Gasteiger partial charge in [-0.2, -0.15) is 0 Å². The molecule has 0 aromatic carbocycles. The van der Waals surface area contributed by atoms with E-state index in [9.17, 15) is 0 Å². The number of hydrogen-bond acceptors (Lipinski definition) is 3. The molecule has 1 saturated heterocycles. The molecule has 1 fully saturated rings. The molecule has 2 rings (SSSR count). The minimum absolute atomic E-state index is 0.432. The molecule has 2 heterocycles. The fraction of sp³-hybridized carbons (Fsp3) is 0.750. The van der Waals surface area contributed by atoms with Crippen LogP contribution in [0.15, 0.2) is 12.4 Å². The fourth-order valence-electron chi connectivity index (χ4n) is 2.22. The van der Waals surface area contributed by atoms with Gasteiger partial charge in [-0.05, 0) is 25.8 Å². The van der Waals surface area contributed by atoms with Crippen molar-refractivity contribution in [3.63, 3.8) is 0 Å². The molecular weight excluding hydrogens is 202 g/mol. The number of hydrogen-bond donors (Lipinski definition) is 1. The lowest BCUT2D eigenvalue weighted by Crippen LogP contribution is -2.32. The van der Waals surface area contributed by atoms with Crippen LogP contribution in [0.25, 0.3) is 0 Å². The van der Waals surface area contributed by atoms with Crippen LogP contribution in [0.5, 0.6) is 0 Å². The number of H-pyrrole nitrogens is 1. The van der Waals surface area contributed by atoms with Gasteiger partial charge in [0.15, 0.2) is 0 Å². The molecular formula is C12H21N3O. The predicted molar refractivity (Wildman–Crippen MR) is 63.1 cm³/mol. The minimum Gasteiger partial charge on any atom is -0.377 e. The SMILES string of the molecule is CCCN(Cc1ncc[nH]1)C[C@H]1CCCO1. The third kappa shape index (κ3) is 3.32. The van der Waals surface area contributed by atoms with E-state index in [-0.39, 0.29) is 0 Å². The first-order valence-corrected chi connectivity index (χ1v) is 6.20. The highest BCUT2D eigenvalue weighted by atomic mass is 16.5. The molecule has 0 aliphatic carbocycles. The maximum atomic E-state index is 5.68. The molecule has 4 nitrogen and oxygen atoms in total. The lowest BCUT2D eigenvalue weighted by atomic mass is 10.2. The Kier molecular flexibility index (Phi) is 4.36. The Morgan fingerprint density at radius 2 is 2.56 bits per heavy atom. The Labute approximate surface area is 97.0 Å². The first-order chi connectivity index (χ1) is 7.88. The summed E-state index contributed by atoms with van der Waals surface area (Å²) in [5.41, 5.74) is 0. The van der Waals surface area contributed by atoms with E-state index in [1.165, 1.54) is 19.3 Å². The summed E-state index contributed by atoms with van der Waals surface area (Å²) in [5.74, 6) is 1.05. The fourth-order valence-corrected chi connectivity index (χ4v) is 2.22. The van der Waals surface area contributed by atoms with Gasteiger partial charge in [0.2, 0.25) is 0 Å². The van der Waals surface area contributed by atoms with Gasteiger partial charge >= 0.3 is 0 Å². The molecule has 0 radical (unpaired) electrons. The molecule has 0 spiro atoms. The van der Waals surface area contributed by atoms with Crippen molar-refractivity contribution in [3.05, 3.63) is 18.2 Å². The smallest absolute Gasteiger partial charge is 0.120 e. The molecule has 1 aromatic heterocycles. The number of aromatic amines is 1. The number of aromatic nitrogens is 2. The van der Waals surface area contributed by atoms with Crippen LogP contribution in [0.4, 0.5) is 0 Å². The molecule has 0 unspecified atom stereocenters. The van der Waals surface area contributed by atoms with Crippen LogP contribution in [0, 0.1) is 0 Å². The summed E-state index contributed by atoms with van der Waals surface area (Å²) in [6.07, 6.45) is 7.72. The molecule has 90 valence electrons. The highest BCUT2D eigenvalue weighted by Crippen LogP contribution is 2.14. The van der Waals surface area contributed by atoms with Gasteiger partial charge in [-0.3, -0.25) is 4.90 Å². The first kappa shape index (κ1) is 11.6. The Morgan fingerprint density at radius 3 is 3.19 bits per heavy atom. The first-order valence-electron chi connectivity index (χ1n) is 6.20. The lowest BCUT2D eigenvalue weighted by molar-refractivity contribution is 0.0698. The molecule has 1 aliphatic rings. The van der Waals surface area contributed by atoms with E-state index in [2.05, 4.69) is 21.8 Å². The number of rotatable bonds is 6. The predicted octanol–water partition coefficient (Wildman–Crippen LogP) is 1.80. The highest BCUT2D eigenvalue weighted by Gasteiger charge is 2.19. The van der Waals surface area contributed by atoms with Crippen molar-refractivity contribution in [1.29, 1.82) is 0 Å². The molecule has 0 saturated carbocycles. The summed E-state index contributed by atoms with van der Waals surface area (Å²) in [6.45, 7) is 6.20. The number of imidazole rings is 1. The van der Waals surface area contributed by atoms with E-state index in [0.717, 1.165) is 32.1 Å². The van der Waals surface area contributed by atoms with Crippen molar-refractivity contribution in [3.8, 4) is 0 Å². The largest absolute Gasteiger partial charge is 0.377 e. The minimum atomic E-state index is 0.432. The Morgan fingerprint density at radius 1 is 1.62 bits per heavy atom. The van der Waals surface area contributed by atoms with Crippen LogP contribution in [0.1, 0.15) is 32.0 Å². The second-order valence-electron chi connectivity index (χ2n) is 4.41. The van der Waals surface area contributed by atoms with Crippen molar-refractivity contribution in [2.75, 3.05) is 19.7 Å². The monoisotopic (exact) mass is 223 g/mol. The summed E-state index contributed by atoms with van der Waals surface area (Å²) < 4.78 is 5.68. The van der Waals surface area contributed by atoms with Crippen LogP contribution >= 0.6 is 0 Å². The second-order valence-corrected chi connectivity index (χ2v) is 4.41. The highest BCUT2D eigenvalue weighted by molar-refractivity contribution is 4.87. The summed E-state index contributed by atoms with van der Waals surface area (Å²) in [4.78, 5) is 9.86. The third-order valence-corrected chi connectivity index (χ3v) is 2.95. The van der Waals surface area contributed by atoms with Gasteiger partial charge in [0.25, 0.3) is 0 Å². The van der Waals surface area contributed by atoms with E-state index >= 15 is 0 Å². The molecule has 0 bridgehead atoms. The van der Waals surface area contributed by atoms with E-state index in [4.69, 9.17) is 4.74 Å². The van der Waals surface area contributed by atoms with Crippen LogP contribution in [-0.2, 0) is 11.3 Å². The summed E-state index contributed by atoms with van der Waals surface area (Å²) in [7, 11) is 0.